The molecule has 16 heavy (non-hydrogen) atoms. The maximum Gasteiger partial charge on any atom is 0.257 e. The van der Waals surface area contributed by atoms with Crippen LogP contribution in [0.5, 0.6) is 5.75 Å². The Labute approximate surface area is 98.9 Å². The second kappa shape index (κ2) is 5.16. The second-order valence-electron chi connectivity index (χ2n) is 3.31. The van der Waals surface area contributed by atoms with Gasteiger partial charge >= 0.3 is 0 Å². The molecular weight excluding hydrogens is 230 g/mol. The molecule has 0 aliphatic carbocycles. The van der Waals surface area contributed by atoms with Crippen molar-refractivity contribution in [2.45, 2.75) is 6.04 Å². The smallest absolute Gasteiger partial charge is 0.257 e. The van der Waals surface area contributed by atoms with Gasteiger partial charge in [0.2, 0.25) is 0 Å². The zero-order valence-corrected chi connectivity index (χ0v) is 9.86. The lowest BCUT2D eigenvalue weighted by molar-refractivity contribution is -0.131. The maximum absolute atomic E-state index is 11.6. The first-order chi connectivity index (χ1) is 7.47. The summed E-state index contributed by atoms with van der Waals surface area (Å²) in [6.07, 6.45) is 0. The molecule has 1 rings (SSSR count). The first kappa shape index (κ1) is 12.8. The molecule has 1 unspecified atom stereocenters. The number of ether oxygens (including phenoxy) is 1. The van der Waals surface area contributed by atoms with Gasteiger partial charge in [-0.2, -0.15) is 0 Å². The van der Waals surface area contributed by atoms with Crippen molar-refractivity contribution in [3.63, 3.8) is 0 Å². The molecule has 1 atom stereocenters. The molecule has 0 heterocycles. The van der Waals surface area contributed by atoms with Crippen LogP contribution in [0.4, 0.5) is 0 Å². The van der Waals surface area contributed by atoms with Crippen LogP contribution in [0, 0.1) is 0 Å². The van der Waals surface area contributed by atoms with Crippen molar-refractivity contribution in [1.82, 2.24) is 5.01 Å². The number of amides is 1. The number of hydrogen-bond acceptors (Lipinski definition) is 4. The predicted octanol–water partition coefficient (Wildman–Crippen LogP) is 0.681. The molecule has 0 spiro atoms. The summed E-state index contributed by atoms with van der Waals surface area (Å²) in [5.74, 6) is 5.42. The average Bonchev–Trinajstić information content (AvgIpc) is 2.26. The van der Waals surface area contributed by atoms with Gasteiger partial charge in [-0.3, -0.25) is 9.80 Å². The second-order valence-corrected chi connectivity index (χ2v) is 3.75. The summed E-state index contributed by atoms with van der Waals surface area (Å²) in [5, 5.41) is 1.42. The lowest BCUT2D eigenvalue weighted by atomic mass is 10.1. The zero-order valence-electron chi connectivity index (χ0n) is 9.11. The van der Waals surface area contributed by atoms with Gasteiger partial charge in [-0.05, 0) is 18.2 Å². The van der Waals surface area contributed by atoms with Gasteiger partial charge in [0, 0.05) is 17.6 Å². The monoisotopic (exact) mass is 243 g/mol. The standard InChI is InChI=1S/C10H14ClN3O2/c1-14(13)10(15)9(12)7-5-6(11)3-4-8(7)16-2/h3-5,9H,12-13H2,1-2H3. The van der Waals surface area contributed by atoms with E-state index in [9.17, 15) is 4.79 Å². The van der Waals surface area contributed by atoms with Crippen molar-refractivity contribution in [3.8, 4) is 5.75 Å². The molecule has 0 saturated heterocycles. The predicted molar refractivity (Wildman–Crippen MR) is 61.9 cm³/mol. The Hall–Kier alpha value is -1.30. The van der Waals surface area contributed by atoms with E-state index in [0.29, 0.717) is 16.3 Å². The van der Waals surface area contributed by atoms with Gasteiger partial charge in [-0.25, -0.2) is 5.84 Å². The summed E-state index contributed by atoms with van der Waals surface area (Å²) in [4.78, 5) is 11.6. The number of hydrogen-bond donors (Lipinski definition) is 2. The van der Waals surface area contributed by atoms with Gasteiger partial charge in [0.05, 0.1) is 7.11 Å². The first-order valence-corrected chi connectivity index (χ1v) is 4.96. The molecule has 88 valence electrons. The van der Waals surface area contributed by atoms with Crippen LogP contribution in [0.2, 0.25) is 5.02 Å². The molecule has 6 heteroatoms. The highest BCUT2D eigenvalue weighted by Gasteiger charge is 2.21. The number of benzene rings is 1. The van der Waals surface area contributed by atoms with Crippen LogP contribution < -0.4 is 16.3 Å². The lowest BCUT2D eigenvalue weighted by Gasteiger charge is -2.18. The fourth-order valence-electron chi connectivity index (χ4n) is 1.30. The first-order valence-electron chi connectivity index (χ1n) is 4.58. The summed E-state index contributed by atoms with van der Waals surface area (Å²) in [7, 11) is 2.93. The molecule has 1 aromatic rings. The number of rotatable bonds is 3. The lowest BCUT2D eigenvalue weighted by Crippen LogP contribution is -2.40. The normalized spacial score (nSPS) is 12.1. The van der Waals surface area contributed by atoms with Gasteiger partial charge in [-0.15, -0.1) is 0 Å². The van der Waals surface area contributed by atoms with E-state index < -0.39 is 11.9 Å². The quantitative estimate of drug-likeness (QED) is 0.465. The Morgan fingerprint density at radius 1 is 1.56 bits per heavy atom. The summed E-state index contributed by atoms with van der Waals surface area (Å²) < 4.78 is 5.10. The molecule has 5 nitrogen and oxygen atoms in total. The number of carbonyl (C=O) groups is 1. The highest BCUT2D eigenvalue weighted by molar-refractivity contribution is 6.30. The minimum absolute atomic E-state index is 0.416. The third-order valence-electron chi connectivity index (χ3n) is 2.14. The molecule has 0 aromatic heterocycles. The van der Waals surface area contributed by atoms with Gasteiger partial charge in [-0.1, -0.05) is 11.6 Å². The van der Waals surface area contributed by atoms with E-state index in [4.69, 9.17) is 27.9 Å². The molecule has 0 aliphatic rings. The van der Waals surface area contributed by atoms with E-state index in [1.54, 1.807) is 18.2 Å². The van der Waals surface area contributed by atoms with Gasteiger partial charge in [0.25, 0.3) is 5.91 Å². The highest BCUT2D eigenvalue weighted by Crippen LogP contribution is 2.27. The van der Waals surface area contributed by atoms with Crippen molar-refractivity contribution >= 4 is 17.5 Å². The molecule has 0 saturated carbocycles. The highest BCUT2D eigenvalue weighted by atomic mass is 35.5. The van der Waals surface area contributed by atoms with E-state index in [1.165, 1.54) is 14.2 Å². The summed E-state index contributed by atoms with van der Waals surface area (Å²) in [6, 6.07) is 4.02. The fraction of sp³-hybridized carbons (Fsp3) is 0.300. The Morgan fingerprint density at radius 2 is 2.19 bits per heavy atom. The molecular formula is C10H14ClN3O2. The number of nitrogens with two attached hydrogens (primary N) is 2. The van der Waals surface area contributed by atoms with Crippen molar-refractivity contribution in [2.24, 2.45) is 11.6 Å². The van der Waals surface area contributed by atoms with Crippen LogP contribution >= 0.6 is 11.6 Å². The number of likely N-dealkylation sites (N-methyl/N-ethyl adjacent to an activating group) is 1. The number of halogens is 1. The minimum Gasteiger partial charge on any atom is -0.496 e. The largest absolute Gasteiger partial charge is 0.496 e. The van der Waals surface area contributed by atoms with Crippen LogP contribution in [0.25, 0.3) is 0 Å². The SMILES string of the molecule is COc1ccc(Cl)cc1C(N)C(=O)N(C)N. The number of nitrogens with zero attached hydrogens (tertiary/aromatic N) is 1. The Bertz CT molecular complexity index is 396. The Balaban J connectivity index is 3.11. The van der Waals surface area contributed by atoms with Crippen LogP contribution in [0.15, 0.2) is 18.2 Å². The van der Waals surface area contributed by atoms with E-state index >= 15 is 0 Å². The Kier molecular flexibility index (Phi) is 4.12. The molecule has 1 aromatic carbocycles. The fourth-order valence-corrected chi connectivity index (χ4v) is 1.48. The average molecular weight is 244 g/mol. The number of methoxy groups -OCH3 is 1. The molecule has 0 fully saturated rings. The third kappa shape index (κ3) is 2.63. The van der Waals surface area contributed by atoms with Crippen molar-refractivity contribution < 1.29 is 9.53 Å². The summed E-state index contributed by atoms with van der Waals surface area (Å²) >= 11 is 5.83. The van der Waals surface area contributed by atoms with Gasteiger partial charge in [0.15, 0.2) is 0 Å². The van der Waals surface area contributed by atoms with Crippen molar-refractivity contribution in [2.75, 3.05) is 14.2 Å². The maximum atomic E-state index is 11.6. The number of carbonyl (C=O) groups excluding carboxylic acids is 1. The molecule has 4 N–H and O–H groups in total. The molecule has 0 radical (unpaired) electrons. The van der Waals surface area contributed by atoms with Crippen LogP contribution in [-0.2, 0) is 4.79 Å². The van der Waals surface area contributed by atoms with Crippen LogP contribution in [0.3, 0.4) is 0 Å². The molecule has 1 amide bonds. The zero-order chi connectivity index (χ0) is 12.3. The van der Waals surface area contributed by atoms with E-state index in [0.717, 1.165) is 5.01 Å². The van der Waals surface area contributed by atoms with Crippen LogP contribution in [0.1, 0.15) is 11.6 Å². The van der Waals surface area contributed by atoms with E-state index in [1.807, 2.05) is 0 Å². The van der Waals surface area contributed by atoms with E-state index in [2.05, 4.69) is 0 Å². The topological polar surface area (TPSA) is 81.6 Å². The third-order valence-corrected chi connectivity index (χ3v) is 2.38. The Morgan fingerprint density at radius 3 is 2.69 bits per heavy atom. The summed E-state index contributed by atoms with van der Waals surface area (Å²) in [6.45, 7) is 0. The molecule has 0 bridgehead atoms. The molecule has 0 aliphatic heterocycles. The number of hydrazine groups is 1. The van der Waals surface area contributed by atoms with Crippen molar-refractivity contribution in [3.05, 3.63) is 28.8 Å². The van der Waals surface area contributed by atoms with Gasteiger partial charge < -0.3 is 10.5 Å². The van der Waals surface area contributed by atoms with Crippen molar-refractivity contribution in [1.29, 1.82) is 0 Å². The van der Waals surface area contributed by atoms with E-state index in [-0.39, 0.29) is 0 Å². The summed E-state index contributed by atoms with van der Waals surface area (Å²) in [5.41, 5.74) is 6.29. The van der Waals surface area contributed by atoms with Gasteiger partial charge in [0.1, 0.15) is 11.8 Å². The van der Waals surface area contributed by atoms with Crippen LogP contribution in [-0.4, -0.2) is 25.1 Å². The minimum atomic E-state index is -0.886.